The summed E-state index contributed by atoms with van der Waals surface area (Å²) in [5.74, 6) is -0.528. The Morgan fingerprint density at radius 2 is 1.91 bits per heavy atom. The number of rotatable bonds is 6. The first kappa shape index (κ1) is 21.6. The summed E-state index contributed by atoms with van der Waals surface area (Å²) >= 11 is 0. The number of nitro benzene ring substituents is 1. The Kier molecular flexibility index (Phi) is 5.53. The van der Waals surface area contributed by atoms with Crippen LogP contribution < -0.4 is 21.3 Å². The van der Waals surface area contributed by atoms with Crippen LogP contribution in [0.3, 0.4) is 0 Å². The van der Waals surface area contributed by atoms with E-state index in [1.165, 1.54) is 36.1 Å². The number of aromatic amines is 1. The molecule has 4 aromatic rings. The van der Waals surface area contributed by atoms with Crippen molar-refractivity contribution in [1.82, 2.24) is 14.1 Å². The van der Waals surface area contributed by atoms with Gasteiger partial charge in [0.15, 0.2) is 0 Å². The molecular weight excluding hydrogens is 430 g/mol. The summed E-state index contributed by atoms with van der Waals surface area (Å²) in [4.78, 5) is 51.8. The van der Waals surface area contributed by atoms with Gasteiger partial charge in [-0.25, -0.2) is 4.79 Å². The maximum Gasteiger partial charge on any atom is 0.329 e. The van der Waals surface area contributed by atoms with Crippen LogP contribution in [0.4, 0.5) is 11.4 Å². The highest BCUT2D eigenvalue weighted by Crippen LogP contribution is 2.29. The second-order valence-electron chi connectivity index (χ2n) is 7.28. The van der Waals surface area contributed by atoms with Gasteiger partial charge in [-0.2, -0.15) is 0 Å². The minimum absolute atomic E-state index is 0.0639. The van der Waals surface area contributed by atoms with E-state index in [1.54, 1.807) is 19.2 Å². The van der Waals surface area contributed by atoms with Gasteiger partial charge in [-0.1, -0.05) is 30.3 Å². The van der Waals surface area contributed by atoms with E-state index in [2.05, 4.69) is 10.3 Å². The zero-order valence-electron chi connectivity index (χ0n) is 17.7. The van der Waals surface area contributed by atoms with Crippen LogP contribution in [0.5, 0.6) is 5.75 Å². The Bertz CT molecular complexity index is 1500. The molecule has 0 radical (unpaired) electrons. The van der Waals surface area contributed by atoms with Gasteiger partial charge in [0.25, 0.3) is 17.2 Å². The van der Waals surface area contributed by atoms with Crippen LogP contribution in [0.2, 0.25) is 0 Å². The van der Waals surface area contributed by atoms with E-state index in [-0.39, 0.29) is 40.3 Å². The van der Waals surface area contributed by atoms with Crippen LogP contribution >= 0.6 is 0 Å². The number of hydrogen-bond acceptors (Lipinski definition) is 6. The summed E-state index contributed by atoms with van der Waals surface area (Å²) in [6.45, 7) is 0.0810. The van der Waals surface area contributed by atoms with Gasteiger partial charge in [-0.3, -0.25) is 24.3 Å². The summed E-state index contributed by atoms with van der Waals surface area (Å²) in [5, 5.41) is 13.6. The highest BCUT2D eigenvalue weighted by molar-refractivity contribution is 6.12. The first-order chi connectivity index (χ1) is 15.8. The summed E-state index contributed by atoms with van der Waals surface area (Å²) in [7, 11) is 2.91. The molecule has 0 unspecified atom stereocenters. The number of methoxy groups -OCH3 is 1. The molecule has 0 bridgehead atoms. The number of hydrogen-bond donors (Lipinski definition) is 2. The average molecular weight is 449 g/mol. The fourth-order valence-electron chi connectivity index (χ4n) is 3.57. The molecule has 0 fully saturated rings. The van der Waals surface area contributed by atoms with Gasteiger partial charge in [0.05, 0.1) is 41.4 Å². The van der Waals surface area contributed by atoms with Crippen LogP contribution in [0.15, 0.2) is 64.3 Å². The molecule has 33 heavy (non-hydrogen) atoms. The number of carbonyl (C=O) groups excluding carboxylic acids is 1. The first-order valence-corrected chi connectivity index (χ1v) is 9.80. The number of non-ortho nitro benzene ring substituents is 1. The van der Waals surface area contributed by atoms with Crippen molar-refractivity contribution in [3.05, 3.63) is 96.8 Å². The third kappa shape index (κ3) is 3.99. The molecule has 0 saturated carbocycles. The molecule has 0 atom stereocenters. The second-order valence-corrected chi connectivity index (χ2v) is 7.28. The molecular formula is C22H19N5O6. The van der Waals surface area contributed by atoms with E-state index in [0.717, 1.165) is 10.1 Å². The van der Waals surface area contributed by atoms with Crippen LogP contribution in [0.25, 0.3) is 11.0 Å². The fraction of sp³-hybridized carbons (Fsp3) is 0.136. The molecule has 2 aromatic carbocycles. The number of nitro groups is 1. The van der Waals surface area contributed by atoms with Crippen molar-refractivity contribution in [2.24, 2.45) is 7.05 Å². The smallest absolute Gasteiger partial charge is 0.329 e. The molecule has 0 aliphatic carbocycles. The summed E-state index contributed by atoms with van der Waals surface area (Å²) in [6.07, 6.45) is 1.43. The normalized spacial score (nSPS) is 10.8. The molecule has 2 heterocycles. The van der Waals surface area contributed by atoms with E-state index in [9.17, 15) is 24.5 Å². The van der Waals surface area contributed by atoms with Crippen molar-refractivity contribution < 1.29 is 14.5 Å². The zero-order valence-corrected chi connectivity index (χ0v) is 17.7. The zero-order chi connectivity index (χ0) is 23.7. The number of nitrogens with one attached hydrogen (secondary N) is 2. The molecule has 2 aromatic heterocycles. The molecule has 11 heteroatoms. The second kappa shape index (κ2) is 8.46. The molecule has 4 rings (SSSR count). The standard InChI is InChI=1S/C22H19N5O6/c1-25-12-15(20(28)23-16-9-8-14(27(31)32)10-17(16)33-2)18-19(25)21(29)26(22(30)24-18)11-13-6-4-3-5-7-13/h3-10,12H,11H2,1-2H3,(H,23,28)(H,24,30). The lowest BCUT2D eigenvalue weighted by Gasteiger charge is -2.10. The Labute approximate surface area is 186 Å². The fourth-order valence-corrected chi connectivity index (χ4v) is 3.57. The number of fused-ring (bicyclic) bond motifs is 1. The lowest BCUT2D eigenvalue weighted by Crippen LogP contribution is -2.36. The third-order valence-electron chi connectivity index (χ3n) is 5.18. The average Bonchev–Trinajstić information content (AvgIpc) is 3.13. The minimum atomic E-state index is -0.649. The number of anilines is 1. The molecule has 0 aliphatic rings. The summed E-state index contributed by atoms with van der Waals surface area (Å²) < 4.78 is 7.68. The van der Waals surface area contributed by atoms with Gasteiger partial charge in [-0.15, -0.1) is 0 Å². The van der Waals surface area contributed by atoms with E-state index in [0.29, 0.717) is 0 Å². The predicted octanol–water partition coefficient (Wildman–Crippen LogP) is 2.25. The van der Waals surface area contributed by atoms with E-state index in [1.807, 2.05) is 18.2 Å². The van der Waals surface area contributed by atoms with E-state index in [4.69, 9.17) is 4.74 Å². The molecule has 168 valence electrons. The Morgan fingerprint density at radius 1 is 1.18 bits per heavy atom. The van der Waals surface area contributed by atoms with Crippen molar-refractivity contribution in [2.75, 3.05) is 12.4 Å². The van der Waals surface area contributed by atoms with Gasteiger partial charge < -0.3 is 19.6 Å². The Balaban J connectivity index is 1.74. The number of carbonyl (C=O) groups is 1. The summed E-state index contributed by atoms with van der Waals surface area (Å²) in [5.41, 5.74) is -0.0860. The molecule has 0 saturated heterocycles. The number of nitrogens with zero attached hydrogens (tertiary/aromatic N) is 3. The van der Waals surface area contributed by atoms with Crippen molar-refractivity contribution in [3.8, 4) is 5.75 Å². The predicted molar refractivity (Wildman–Crippen MR) is 121 cm³/mol. The number of ether oxygens (including phenoxy) is 1. The van der Waals surface area contributed by atoms with Gasteiger partial charge in [0.2, 0.25) is 0 Å². The number of benzene rings is 2. The van der Waals surface area contributed by atoms with Gasteiger partial charge >= 0.3 is 5.69 Å². The van der Waals surface area contributed by atoms with Gasteiger partial charge in [0.1, 0.15) is 11.3 Å². The van der Waals surface area contributed by atoms with Crippen LogP contribution in [0, 0.1) is 10.1 Å². The molecule has 1 amide bonds. The lowest BCUT2D eigenvalue weighted by molar-refractivity contribution is -0.384. The van der Waals surface area contributed by atoms with Crippen LogP contribution in [-0.2, 0) is 13.6 Å². The largest absolute Gasteiger partial charge is 0.494 e. The molecule has 0 aliphatic heterocycles. The maximum atomic E-state index is 13.1. The van der Waals surface area contributed by atoms with E-state index >= 15 is 0 Å². The summed E-state index contributed by atoms with van der Waals surface area (Å²) in [6, 6.07) is 12.8. The number of H-pyrrole nitrogens is 1. The topological polar surface area (TPSA) is 141 Å². The third-order valence-corrected chi connectivity index (χ3v) is 5.18. The molecule has 2 N–H and O–H groups in total. The number of aromatic nitrogens is 3. The Morgan fingerprint density at radius 3 is 2.58 bits per heavy atom. The lowest BCUT2D eigenvalue weighted by atomic mass is 10.2. The molecule has 11 nitrogen and oxygen atoms in total. The van der Waals surface area contributed by atoms with Crippen LogP contribution in [-0.4, -0.2) is 32.1 Å². The van der Waals surface area contributed by atoms with Crippen LogP contribution in [0.1, 0.15) is 15.9 Å². The quantitative estimate of drug-likeness (QED) is 0.342. The monoisotopic (exact) mass is 449 g/mol. The number of amides is 1. The maximum absolute atomic E-state index is 13.1. The first-order valence-electron chi connectivity index (χ1n) is 9.80. The van der Waals surface area contributed by atoms with Crippen molar-refractivity contribution in [1.29, 1.82) is 0 Å². The van der Waals surface area contributed by atoms with Crippen molar-refractivity contribution in [3.63, 3.8) is 0 Å². The van der Waals surface area contributed by atoms with Crippen molar-refractivity contribution >= 4 is 28.3 Å². The van der Waals surface area contributed by atoms with E-state index < -0.39 is 22.1 Å². The van der Waals surface area contributed by atoms with Gasteiger partial charge in [-0.05, 0) is 11.6 Å². The highest BCUT2D eigenvalue weighted by Gasteiger charge is 2.21. The Hall–Kier alpha value is -4.67. The highest BCUT2D eigenvalue weighted by atomic mass is 16.6. The molecule has 0 spiro atoms. The minimum Gasteiger partial charge on any atom is -0.494 e. The SMILES string of the molecule is COc1cc([N+](=O)[O-])ccc1NC(=O)c1cn(C)c2c(=O)n(Cc3ccccc3)c(=O)[nH]c12. The van der Waals surface area contributed by atoms with Gasteiger partial charge in [0, 0.05) is 19.3 Å². The van der Waals surface area contributed by atoms with Crippen molar-refractivity contribution in [2.45, 2.75) is 6.54 Å². The number of aryl methyl sites for hydroxylation is 1.